The van der Waals surface area contributed by atoms with E-state index in [1.54, 1.807) is 7.11 Å². The lowest BCUT2D eigenvalue weighted by atomic mass is 10.0. The van der Waals surface area contributed by atoms with Crippen molar-refractivity contribution in [3.8, 4) is 11.4 Å². The first-order valence-electron chi connectivity index (χ1n) is 10.3. The van der Waals surface area contributed by atoms with E-state index in [1.165, 1.54) is 17.7 Å². The summed E-state index contributed by atoms with van der Waals surface area (Å²) < 4.78 is 7.64. The topological polar surface area (TPSA) is 80.2 Å². The lowest BCUT2D eigenvalue weighted by Crippen LogP contribution is -2.35. The third-order valence-electron chi connectivity index (χ3n) is 5.58. The second kappa shape index (κ2) is 8.98. The molecule has 2 aromatic heterocycles. The molecular formula is C23H26N4O3. The molecule has 0 saturated heterocycles. The lowest BCUT2D eigenvalue weighted by Gasteiger charge is -2.24. The predicted octanol–water partition coefficient (Wildman–Crippen LogP) is 2.98. The van der Waals surface area contributed by atoms with Gasteiger partial charge in [-0.2, -0.15) is 5.10 Å². The van der Waals surface area contributed by atoms with Crippen LogP contribution in [0.4, 0.5) is 0 Å². The summed E-state index contributed by atoms with van der Waals surface area (Å²) in [5.74, 6) is 0.728. The third kappa shape index (κ3) is 4.30. The SMILES string of the molecule is COc1ccc2c(c1)CCCCCN(C(=O)c1ccc(=O)[nH]n1)CCc1cccn1-2. The average Bonchev–Trinajstić information content (AvgIpc) is 3.23. The van der Waals surface area contributed by atoms with Gasteiger partial charge in [0, 0.05) is 43.2 Å². The van der Waals surface area contributed by atoms with E-state index in [1.807, 2.05) is 17.0 Å². The van der Waals surface area contributed by atoms with Gasteiger partial charge in [0.25, 0.3) is 11.5 Å². The molecule has 0 aliphatic carbocycles. The summed E-state index contributed by atoms with van der Waals surface area (Å²) in [6, 6.07) is 13.2. The molecule has 30 heavy (non-hydrogen) atoms. The van der Waals surface area contributed by atoms with Crippen LogP contribution in [0, 0.1) is 0 Å². The summed E-state index contributed by atoms with van der Waals surface area (Å²) in [5.41, 5.74) is 3.55. The van der Waals surface area contributed by atoms with Crippen LogP contribution in [0.5, 0.6) is 5.75 Å². The number of ether oxygens (including phenoxy) is 1. The standard InChI is InChI=1S/C23H26N4O3/c1-30-19-8-10-21-17(16-19)6-3-2-4-13-26(15-12-18-7-5-14-27(18)21)23(29)20-9-11-22(28)25-24-20/h5,7-11,14,16H,2-4,6,12-13,15H2,1H3,(H,25,28). The molecule has 3 aromatic rings. The number of carbonyl (C=O) groups excluding carboxylic acids is 1. The van der Waals surface area contributed by atoms with Crippen molar-refractivity contribution in [3.05, 3.63) is 76.0 Å². The molecule has 7 heteroatoms. The van der Waals surface area contributed by atoms with Gasteiger partial charge in [0.2, 0.25) is 0 Å². The van der Waals surface area contributed by atoms with Crippen molar-refractivity contribution in [1.82, 2.24) is 19.7 Å². The van der Waals surface area contributed by atoms with Crippen LogP contribution in [-0.4, -0.2) is 45.8 Å². The molecule has 1 amide bonds. The first-order chi connectivity index (χ1) is 14.7. The molecule has 7 nitrogen and oxygen atoms in total. The minimum atomic E-state index is -0.312. The number of rotatable bonds is 2. The van der Waals surface area contributed by atoms with Crippen molar-refractivity contribution < 1.29 is 9.53 Å². The van der Waals surface area contributed by atoms with Gasteiger partial charge >= 0.3 is 0 Å². The Labute approximate surface area is 175 Å². The first kappa shape index (κ1) is 19.9. The van der Waals surface area contributed by atoms with Gasteiger partial charge < -0.3 is 14.2 Å². The number of aromatic amines is 1. The Morgan fingerprint density at radius 2 is 1.97 bits per heavy atom. The molecule has 0 fully saturated rings. The summed E-state index contributed by atoms with van der Waals surface area (Å²) in [4.78, 5) is 26.1. The number of carbonyl (C=O) groups is 1. The molecule has 156 valence electrons. The zero-order valence-corrected chi connectivity index (χ0v) is 17.1. The Kier molecular flexibility index (Phi) is 5.97. The molecule has 0 spiro atoms. The fourth-order valence-electron chi connectivity index (χ4n) is 3.96. The van der Waals surface area contributed by atoms with Gasteiger partial charge in [-0.05, 0) is 61.2 Å². The quantitative estimate of drug-likeness (QED) is 0.710. The molecule has 0 bridgehead atoms. The van der Waals surface area contributed by atoms with Gasteiger partial charge in [-0.3, -0.25) is 9.59 Å². The highest BCUT2D eigenvalue weighted by atomic mass is 16.5. The van der Waals surface area contributed by atoms with Crippen molar-refractivity contribution in [3.63, 3.8) is 0 Å². The van der Waals surface area contributed by atoms with Crippen LogP contribution in [0.1, 0.15) is 41.0 Å². The van der Waals surface area contributed by atoms with Crippen LogP contribution in [0.15, 0.2) is 53.5 Å². The molecule has 4 rings (SSSR count). The van der Waals surface area contributed by atoms with Crippen molar-refractivity contribution >= 4 is 5.91 Å². The fraction of sp³-hybridized carbons (Fsp3) is 0.348. The van der Waals surface area contributed by atoms with Crippen LogP contribution in [-0.2, 0) is 12.8 Å². The number of aromatic nitrogens is 3. The summed E-state index contributed by atoms with van der Waals surface area (Å²) in [5, 5.41) is 6.27. The Balaban J connectivity index is 1.62. The number of aryl methyl sites for hydroxylation is 1. The summed E-state index contributed by atoms with van der Waals surface area (Å²) in [6.07, 6.45) is 6.75. The maximum Gasteiger partial charge on any atom is 0.274 e. The smallest absolute Gasteiger partial charge is 0.274 e. The van der Waals surface area contributed by atoms with Crippen molar-refractivity contribution in [1.29, 1.82) is 0 Å². The van der Waals surface area contributed by atoms with E-state index in [4.69, 9.17) is 4.74 Å². The third-order valence-corrected chi connectivity index (χ3v) is 5.58. The van der Waals surface area contributed by atoms with E-state index in [9.17, 15) is 9.59 Å². The van der Waals surface area contributed by atoms with E-state index in [-0.39, 0.29) is 17.2 Å². The molecule has 1 aliphatic heterocycles. The Morgan fingerprint density at radius 1 is 1.07 bits per heavy atom. The molecular weight excluding hydrogens is 380 g/mol. The maximum absolute atomic E-state index is 13.0. The summed E-state index contributed by atoms with van der Waals surface area (Å²) in [6.45, 7) is 1.26. The van der Waals surface area contributed by atoms with Crippen LogP contribution in [0.2, 0.25) is 0 Å². The number of amides is 1. The molecule has 1 aliphatic rings. The number of fused-ring (bicyclic) bond motifs is 3. The molecule has 1 N–H and O–H groups in total. The van der Waals surface area contributed by atoms with Crippen molar-refractivity contribution in [2.45, 2.75) is 32.1 Å². The number of hydrogen-bond acceptors (Lipinski definition) is 4. The highest BCUT2D eigenvalue weighted by molar-refractivity contribution is 5.92. The zero-order chi connectivity index (χ0) is 20.9. The maximum atomic E-state index is 13.0. The molecule has 1 aromatic carbocycles. The van der Waals surface area contributed by atoms with E-state index >= 15 is 0 Å². The molecule has 0 unspecified atom stereocenters. The second-order valence-electron chi connectivity index (χ2n) is 7.52. The monoisotopic (exact) mass is 406 g/mol. The van der Waals surface area contributed by atoms with E-state index in [0.717, 1.165) is 49.2 Å². The molecule has 0 saturated carbocycles. The Bertz CT molecular complexity index is 1070. The van der Waals surface area contributed by atoms with Gasteiger partial charge in [0.1, 0.15) is 11.4 Å². The van der Waals surface area contributed by atoms with Crippen molar-refractivity contribution in [2.75, 3.05) is 20.2 Å². The average molecular weight is 406 g/mol. The Hall–Kier alpha value is -3.35. The minimum absolute atomic E-state index is 0.147. The largest absolute Gasteiger partial charge is 0.497 e. The van der Waals surface area contributed by atoms with E-state index < -0.39 is 0 Å². The highest BCUT2D eigenvalue weighted by Crippen LogP contribution is 2.25. The number of methoxy groups -OCH3 is 1. The fourth-order valence-corrected chi connectivity index (χ4v) is 3.96. The van der Waals surface area contributed by atoms with Gasteiger partial charge in [-0.1, -0.05) is 6.42 Å². The highest BCUT2D eigenvalue weighted by Gasteiger charge is 2.19. The molecule has 0 radical (unpaired) electrons. The zero-order valence-electron chi connectivity index (χ0n) is 17.1. The summed E-state index contributed by atoms with van der Waals surface area (Å²) >= 11 is 0. The van der Waals surface area contributed by atoms with Gasteiger partial charge in [-0.25, -0.2) is 5.10 Å². The number of H-pyrrole nitrogens is 1. The van der Waals surface area contributed by atoms with Crippen LogP contribution < -0.4 is 10.3 Å². The number of benzene rings is 1. The Morgan fingerprint density at radius 3 is 2.77 bits per heavy atom. The number of hydrogen-bond donors (Lipinski definition) is 1. The van der Waals surface area contributed by atoms with Crippen LogP contribution in [0.3, 0.4) is 0 Å². The first-order valence-corrected chi connectivity index (χ1v) is 10.3. The number of nitrogens with zero attached hydrogens (tertiary/aromatic N) is 3. The van der Waals surface area contributed by atoms with E-state index in [2.05, 4.69) is 39.2 Å². The van der Waals surface area contributed by atoms with Crippen molar-refractivity contribution in [2.24, 2.45) is 0 Å². The molecule has 0 atom stereocenters. The van der Waals surface area contributed by atoms with Gasteiger partial charge in [0.05, 0.1) is 7.11 Å². The predicted molar refractivity (Wildman–Crippen MR) is 114 cm³/mol. The van der Waals surface area contributed by atoms with Gasteiger partial charge in [-0.15, -0.1) is 0 Å². The number of nitrogens with one attached hydrogen (secondary N) is 1. The van der Waals surface area contributed by atoms with Gasteiger partial charge in [0.15, 0.2) is 0 Å². The van der Waals surface area contributed by atoms with Crippen LogP contribution in [0.25, 0.3) is 5.69 Å². The normalized spacial score (nSPS) is 14.8. The lowest BCUT2D eigenvalue weighted by molar-refractivity contribution is 0.0746. The summed E-state index contributed by atoms with van der Waals surface area (Å²) in [7, 11) is 1.70. The van der Waals surface area contributed by atoms with Crippen LogP contribution >= 0.6 is 0 Å². The minimum Gasteiger partial charge on any atom is -0.497 e. The molecule has 3 heterocycles. The van der Waals surface area contributed by atoms with E-state index in [0.29, 0.717) is 13.1 Å². The second-order valence-corrected chi connectivity index (χ2v) is 7.52.